The molecule has 2 aromatic carbocycles. The quantitative estimate of drug-likeness (QED) is 0.183. The van der Waals surface area contributed by atoms with Crippen LogP contribution in [-0.2, 0) is 11.3 Å². The van der Waals surface area contributed by atoms with Gasteiger partial charge in [0.2, 0.25) is 0 Å². The maximum absolute atomic E-state index is 13.5. The molecule has 0 radical (unpaired) electrons. The zero-order chi connectivity index (χ0) is 30.5. The molecule has 0 spiro atoms. The Morgan fingerprint density at radius 3 is 2.38 bits per heavy atom. The molecule has 2 N–H and O–H groups in total. The second-order valence-corrected chi connectivity index (χ2v) is 8.74. The second kappa shape index (κ2) is 15.3. The predicted molar refractivity (Wildman–Crippen MR) is 144 cm³/mol. The van der Waals surface area contributed by atoms with Crippen LogP contribution < -0.4 is 15.0 Å². The molecule has 0 saturated carbocycles. The number of halogens is 5. The van der Waals surface area contributed by atoms with E-state index in [1.54, 1.807) is 47.6 Å². The van der Waals surface area contributed by atoms with Crippen molar-refractivity contribution in [2.45, 2.75) is 19.1 Å². The van der Waals surface area contributed by atoms with Crippen molar-refractivity contribution in [2.75, 3.05) is 29.9 Å². The van der Waals surface area contributed by atoms with Gasteiger partial charge in [-0.05, 0) is 66.2 Å². The molecule has 11 nitrogen and oxygen atoms in total. The van der Waals surface area contributed by atoms with Crippen LogP contribution in [-0.4, -0.2) is 68.0 Å². The molecule has 0 saturated heterocycles. The molecule has 2 aromatic heterocycles. The number of pyridine rings is 1. The molecule has 4 aromatic rings. The number of aryl methyl sites for hydroxylation is 1. The number of nitrogens with one attached hydrogen (secondary N) is 1. The molecule has 0 aliphatic rings. The van der Waals surface area contributed by atoms with Crippen LogP contribution in [0, 0.1) is 5.82 Å². The molecule has 16 heteroatoms. The summed E-state index contributed by atoms with van der Waals surface area (Å²) in [4.78, 5) is 29.4. The summed E-state index contributed by atoms with van der Waals surface area (Å²) in [5.41, 5.74) is 1.85. The Balaban J connectivity index is 0.000000616. The number of tetrazole rings is 1. The maximum Gasteiger partial charge on any atom is 0.490 e. The number of nitrogens with zero attached hydrogens (tertiary/aromatic N) is 6. The number of hydrogen-bond acceptors (Lipinski definition) is 8. The maximum atomic E-state index is 13.5. The summed E-state index contributed by atoms with van der Waals surface area (Å²) < 4.78 is 51.1. The van der Waals surface area contributed by atoms with Crippen LogP contribution in [0.25, 0.3) is 0 Å². The highest BCUT2D eigenvalue weighted by atomic mass is 35.5. The number of alkyl halides is 3. The number of aromatic nitrogens is 5. The normalized spacial score (nSPS) is 10.8. The van der Waals surface area contributed by atoms with Crippen molar-refractivity contribution in [1.82, 2.24) is 25.2 Å². The lowest BCUT2D eigenvalue weighted by atomic mass is 10.1. The molecular weight excluding hydrogens is 586 g/mol. The van der Waals surface area contributed by atoms with Gasteiger partial charge in [-0.25, -0.2) is 9.18 Å². The summed E-state index contributed by atoms with van der Waals surface area (Å²) in [5, 5.41) is 22.2. The van der Waals surface area contributed by atoms with Crippen molar-refractivity contribution in [3.63, 3.8) is 0 Å². The van der Waals surface area contributed by atoms with Crippen molar-refractivity contribution >= 4 is 34.9 Å². The molecule has 42 heavy (non-hydrogen) atoms. The molecule has 0 fully saturated rings. The van der Waals surface area contributed by atoms with Crippen LogP contribution in [0.15, 0.2) is 73.3 Å². The van der Waals surface area contributed by atoms with Gasteiger partial charge in [-0.1, -0.05) is 11.6 Å². The van der Waals surface area contributed by atoms with Crippen molar-refractivity contribution < 1.29 is 37.0 Å². The monoisotopic (exact) mass is 609 g/mol. The van der Waals surface area contributed by atoms with Crippen molar-refractivity contribution in [1.29, 1.82) is 0 Å². The molecule has 1 amide bonds. The van der Waals surface area contributed by atoms with Crippen LogP contribution in [0.4, 0.5) is 28.9 Å². The first kappa shape index (κ1) is 31.7. The van der Waals surface area contributed by atoms with Crippen LogP contribution >= 0.6 is 11.6 Å². The Labute approximate surface area is 241 Å². The molecule has 222 valence electrons. The van der Waals surface area contributed by atoms with Gasteiger partial charge >= 0.3 is 12.1 Å². The number of carbonyl (C=O) groups excluding carboxylic acids is 1. The van der Waals surface area contributed by atoms with E-state index >= 15 is 0 Å². The van der Waals surface area contributed by atoms with E-state index in [9.17, 15) is 22.4 Å². The molecule has 0 atom stereocenters. The van der Waals surface area contributed by atoms with Crippen molar-refractivity contribution in [3.8, 4) is 5.75 Å². The fraction of sp³-hybridized carbons (Fsp3) is 0.231. The average molecular weight is 610 g/mol. The van der Waals surface area contributed by atoms with E-state index in [0.29, 0.717) is 54.7 Å². The van der Waals surface area contributed by atoms with Gasteiger partial charge in [0, 0.05) is 47.4 Å². The van der Waals surface area contributed by atoms with Gasteiger partial charge < -0.3 is 20.1 Å². The summed E-state index contributed by atoms with van der Waals surface area (Å²) >= 11 is 6.30. The van der Waals surface area contributed by atoms with E-state index in [1.807, 2.05) is 12.1 Å². The summed E-state index contributed by atoms with van der Waals surface area (Å²) in [5.74, 6) is -2.95. The van der Waals surface area contributed by atoms with Crippen LogP contribution in [0.1, 0.15) is 16.8 Å². The molecule has 4 rings (SSSR count). The van der Waals surface area contributed by atoms with E-state index in [2.05, 4.69) is 25.7 Å². The smallest absolute Gasteiger partial charge is 0.490 e. The van der Waals surface area contributed by atoms with Crippen molar-refractivity contribution in [3.05, 3.63) is 89.7 Å². The lowest BCUT2D eigenvalue weighted by Gasteiger charge is -2.23. The highest BCUT2D eigenvalue weighted by molar-refractivity contribution is 6.31. The Bertz CT molecular complexity index is 1430. The Morgan fingerprint density at radius 2 is 1.76 bits per heavy atom. The van der Waals surface area contributed by atoms with Gasteiger partial charge in [-0.15, -0.1) is 10.2 Å². The number of rotatable bonds is 11. The number of aliphatic carboxylic acids is 1. The number of benzene rings is 2. The minimum atomic E-state index is -5.08. The first-order valence-electron chi connectivity index (χ1n) is 12.2. The third-order valence-electron chi connectivity index (χ3n) is 5.26. The number of hydrogen-bond donors (Lipinski definition) is 2. The first-order chi connectivity index (χ1) is 20.0. The van der Waals surface area contributed by atoms with Gasteiger partial charge in [-0.2, -0.15) is 18.0 Å². The molecule has 0 unspecified atom stereocenters. The van der Waals surface area contributed by atoms with Gasteiger partial charge in [0.25, 0.3) is 5.91 Å². The first-order valence-corrected chi connectivity index (χ1v) is 12.6. The van der Waals surface area contributed by atoms with E-state index in [0.717, 1.165) is 5.69 Å². The van der Waals surface area contributed by atoms with Gasteiger partial charge in [0.05, 0.1) is 6.54 Å². The topological polar surface area (TPSA) is 135 Å². The minimum Gasteiger partial charge on any atom is -0.492 e. The predicted octanol–water partition coefficient (Wildman–Crippen LogP) is 4.72. The van der Waals surface area contributed by atoms with Gasteiger partial charge in [-0.3, -0.25) is 9.78 Å². The summed E-state index contributed by atoms with van der Waals surface area (Å²) in [6.45, 7) is 1.74. The third-order valence-corrected chi connectivity index (χ3v) is 5.47. The van der Waals surface area contributed by atoms with E-state index in [1.165, 1.54) is 23.3 Å². The van der Waals surface area contributed by atoms with Gasteiger partial charge in [0.15, 0.2) is 6.33 Å². The fourth-order valence-corrected chi connectivity index (χ4v) is 3.61. The number of carbonyl (C=O) groups is 2. The summed E-state index contributed by atoms with van der Waals surface area (Å²) in [6, 6.07) is 14.4. The number of carboxylic acid groups (broad SMARTS) is 1. The summed E-state index contributed by atoms with van der Waals surface area (Å²) in [6.07, 6.45) is 0.230. The standard InChI is InChI=1S/C24H23ClFN7O2.C2HF3O2/c25-19-14-18(15-23(16-19)35-13-10-28-21-6-8-27-9-7-21)24(34)32(22-4-2-20(26)3-5-22)11-1-12-33-30-17-29-31-33;3-2(4,5)1(6)7/h2-9,14-17H,1,10-13H2,(H,27,28);(H,6,7). The van der Waals surface area contributed by atoms with E-state index in [4.69, 9.17) is 26.2 Å². The molecule has 0 aliphatic heterocycles. The average Bonchev–Trinajstić information content (AvgIpc) is 3.48. The summed E-state index contributed by atoms with van der Waals surface area (Å²) in [7, 11) is 0. The number of carboxylic acids is 1. The van der Waals surface area contributed by atoms with E-state index < -0.39 is 12.1 Å². The molecule has 0 aliphatic carbocycles. The number of anilines is 2. The number of ether oxygens (including phenoxy) is 1. The van der Waals surface area contributed by atoms with Crippen LogP contribution in [0.2, 0.25) is 5.02 Å². The van der Waals surface area contributed by atoms with Gasteiger partial charge in [0.1, 0.15) is 18.2 Å². The SMILES string of the molecule is O=C(O)C(F)(F)F.O=C(c1cc(Cl)cc(OCCNc2ccncc2)c1)N(CCCn1ncnn1)c1ccc(F)cc1. The Hall–Kier alpha value is -4.79. The third kappa shape index (κ3) is 10.3. The largest absolute Gasteiger partial charge is 0.492 e. The molecule has 2 heterocycles. The van der Waals surface area contributed by atoms with E-state index in [-0.39, 0.29) is 11.7 Å². The number of amides is 1. The zero-order valence-corrected chi connectivity index (χ0v) is 22.5. The lowest BCUT2D eigenvalue weighted by molar-refractivity contribution is -0.192. The fourth-order valence-electron chi connectivity index (χ4n) is 3.39. The Morgan fingerprint density at radius 1 is 1.07 bits per heavy atom. The molecule has 0 bridgehead atoms. The minimum absolute atomic E-state index is 0.287. The van der Waals surface area contributed by atoms with Crippen LogP contribution in [0.3, 0.4) is 0 Å². The molecular formula is C26H24ClF4N7O4. The highest BCUT2D eigenvalue weighted by Gasteiger charge is 2.38. The Kier molecular flexibility index (Phi) is 11.5. The second-order valence-electron chi connectivity index (χ2n) is 8.31. The van der Waals surface area contributed by atoms with Crippen LogP contribution in [0.5, 0.6) is 5.75 Å². The lowest BCUT2D eigenvalue weighted by Crippen LogP contribution is -2.32. The zero-order valence-electron chi connectivity index (χ0n) is 21.7. The highest BCUT2D eigenvalue weighted by Crippen LogP contribution is 2.25. The van der Waals surface area contributed by atoms with Crippen molar-refractivity contribution in [2.24, 2.45) is 0 Å².